The normalized spacial score (nSPS) is 15.3. The number of alkyl halides is 3. The zero-order chi connectivity index (χ0) is 27.4. The zero-order valence-electron chi connectivity index (χ0n) is 21.4. The standard InChI is InChI=1S/C30H30F3N3O3/c31-30(32,33)20-36(28(37)27-25-14-6-4-12-23(25)24-13-5-7-15-26(24)27)17-9-8-16-35-18-21(19-35)34-29(38)39-22-10-2-1-3-11-22/h1-7,10-15,21,27H,8-9,16-20H2,(H,34,38). The number of hydrogen-bond donors (Lipinski definition) is 1. The summed E-state index contributed by atoms with van der Waals surface area (Å²) in [6.07, 6.45) is -3.91. The lowest BCUT2D eigenvalue weighted by Crippen LogP contribution is -2.59. The quantitative estimate of drug-likeness (QED) is 0.369. The van der Waals surface area contributed by atoms with E-state index in [9.17, 15) is 22.8 Å². The Morgan fingerprint density at radius 2 is 1.46 bits per heavy atom. The summed E-state index contributed by atoms with van der Waals surface area (Å²) in [7, 11) is 0. The van der Waals surface area contributed by atoms with Gasteiger partial charge in [0.05, 0.1) is 12.0 Å². The van der Waals surface area contributed by atoms with Crippen LogP contribution < -0.4 is 10.1 Å². The van der Waals surface area contributed by atoms with Gasteiger partial charge in [-0.05, 0) is 53.8 Å². The third kappa shape index (κ3) is 6.42. The van der Waals surface area contributed by atoms with E-state index >= 15 is 0 Å². The molecule has 2 amide bonds. The molecule has 0 atom stereocenters. The summed E-state index contributed by atoms with van der Waals surface area (Å²) < 4.78 is 45.7. The molecule has 1 fully saturated rings. The van der Waals surface area contributed by atoms with Gasteiger partial charge in [0.2, 0.25) is 5.91 Å². The molecular formula is C30H30F3N3O3. The number of hydrogen-bond acceptors (Lipinski definition) is 4. The van der Waals surface area contributed by atoms with Crippen LogP contribution in [0.25, 0.3) is 11.1 Å². The van der Waals surface area contributed by atoms with Crippen LogP contribution >= 0.6 is 0 Å². The Balaban J connectivity index is 1.12. The molecule has 1 saturated heterocycles. The van der Waals surface area contributed by atoms with Gasteiger partial charge in [-0.15, -0.1) is 0 Å². The summed E-state index contributed by atoms with van der Waals surface area (Å²) in [5.74, 6) is -0.791. The van der Waals surface area contributed by atoms with Crippen molar-refractivity contribution in [2.75, 3.05) is 32.7 Å². The average molecular weight is 538 g/mol. The largest absolute Gasteiger partial charge is 0.412 e. The number of likely N-dealkylation sites (tertiary alicyclic amines) is 1. The van der Waals surface area contributed by atoms with Crippen molar-refractivity contribution in [1.29, 1.82) is 0 Å². The second kappa shape index (κ2) is 11.5. The molecule has 0 spiro atoms. The Hall–Kier alpha value is -3.85. The number of carbonyl (C=O) groups is 2. The summed E-state index contributed by atoms with van der Waals surface area (Å²) in [6, 6.07) is 23.6. The maximum absolute atomic E-state index is 13.6. The Bertz CT molecular complexity index is 1260. The fourth-order valence-electron chi connectivity index (χ4n) is 5.36. The summed E-state index contributed by atoms with van der Waals surface area (Å²) in [5.41, 5.74) is 3.29. The lowest BCUT2D eigenvalue weighted by atomic mass is 9.95. The van der Waals surface area contributed by atoms with Gasteiger partial charge in [0.1, 0.15) is 12.3 Å². The Kier molecular flexibility index (Phi) is 7.88. The molecular weight excluding hydrogens is 507 g/mol. The first-order chi connectivity index (χ1) is 18.8. The van der Waals surface area contributed by atoms with Gasteiger partial charge in [-0.1, -0.05) is 66.7 Å². The lowest BCUT2D eigenvalue weighted by molar-refractivity contribution is -0.161. The van der Waals surface area contributed by atoms with E-state index in [-0.39, 0.29) is 12.6 Å². The van der Waals surface area contributed by atoms with Gasteiger partial charge in [0.25, 0.3) is 0 Å². The number of fused-ring (bicyclic) bond motifs is 3. The number of amides is 2. The number of ether oxygens (including phenoxy) is 1. The second-order valence-electron chi connectivity index (χ2n) is 9.99. The minimum Gasteiger partial charge on any atom is -0.410 e. The van der Waals surface area contributed by atoms with E-state index in [1.165, 1.54) is 0 Å². The predicted molar refractivity (Wildman–Crippen MR) is 141 cm³/mol. The first-order valence-corrected chi connectivity index (χ1v) is 13.1. The molecule has 3 aromatic rings. The molecule has 9 heteroatoms. The number of para-hydroxylation sites is 1. The first kappa shape index (κ1) is 26.7. The molecule has 0 saturated carbocycles. The number of rotatable bonds is 9. The zero-order valence-corrected chi connectivity index (χ0v) is 21.4. The van der Waals surface area contributed by atoms with Crippen molar-refractivity contribution in [2.45, 2.75) is 31.0 Å². The van der Waals surface area contributed by atoms with Crippen molar-refractivity contribution >= 4 is 12.0 Å². The Morgan fingerprint density at radius 1 is 0.872 bits per heavy atom. The van der Waals surface area contributed by atoms with Crippen LogP contribution in [0.4, 0.5) is 18.0 Å². The van der Waals surface area contributed by atoms with Crippen LogP contribution in [0.1, 0.15) is 29.9 Å². The van der Waals surface area contributed by atoms with Gasteiger partial charge < -0.3 is 15.0 Å². The smallest absolute Gasteiger partial charge is 0.410 e. The molecule has 1 aliphatic heterocycles. The summed E-state index contributed by atoms with van der Waals surface area (Å²) in [6.45, 7) is 0.717. The number of nitrogens with one attached hydrogen (secondary N) is 1. The maximum Gasteiger partial charge on any atom is 0.412 e. The molecule has 1 heterocycles. The SMILES string of the molecule is O=C(NC1CN(CCCCN(CC(F)(F)F)C(=O)C2c3ccccc3-c3ccccc32)C1)Oc1ccccc1. The van der Waals surface area contributed by atoms with Crippen molar-refractivity contribution in [3.8, 4) is 16.9 Å². The van der Waals surface area contributed by atoms with Gasteiger partial charge in [-0.3, -0.25) is 9.69 Å². The molecule has 39 heavy (non-hydrogen) atoms. The lowest BCUT2D eigenvalue weighted by Gasteiger charge is -2.39. The van der Waals surface area contributed by atoms with Crippen LogP contribution in [0.3, 0.4) is 0 Å². The van der Waals surface area contributed by atoms with Gasteiger partial charge in [-0.25, -0.2) is 4.79 Å². The van der Waals surface area contributed by atoms with Crippen LogP contribution in [-0.2, 0) is 4.79 Å². The van der Waals surface area contributed by atoms with Crippen LogP contribution in [0.15, 0.2) is 78.9 Å². The number of benzene rings is 3. The highest BCUT2D eigenvalue weighted by atomic mass is 19.4. The van der Waals surface area contributed by atoms with Crippen molar-refractivity contribution in [3.05, 3.63) is 90.0 Å². The molecule has 1 N–H and O–H groups in total. The predicted octanol–water partition coefficient (Wildman–Crippen LogP) is 5.44. The van der Waals surface area contributed by atoms with E-state index in [2.05, 4.69) is 10.2 Å². The van der Waals surface area contributed by atoms with Gasteiger partial charge in [0.15, 0.2) is 0 Å². The highest BCUT2D eigenvalue weighted by molar-refractivity contribution is 5.96. The number of nitrogens with zero attached hydrogens (tertiary/aromatic N) is 2. The maximum atomic E-state index is 13.6. The minimum atomic E-state index is -4.49. The van der Waals surface area contributed by atoms with Crippen molar-refractivity contribution in [2.24, 2.45) is 0 Å². The topological polar surface area (TPSA) is 61.9 Å². The summed E-state index contributed by atoms with van der Waals surface area (Å²) >= 11 is 0. The van der Waals surface area contributed by atoms with Crippen LogP contribution in [-0.4, -0.2) is 66.7 Å². The second-order valence-corrected chi connectivity index (χ2v) is 9.99. The number of unbranched alkanes of at least 4 members (excludes halogenated alkanes) is 1. The molecule has 0 unspecified atom stereocenters. The van der Waals surface area contributed by atoms with Crippen molar-refractivity contribution < 1.29 is 27.5 Å². The molecule has 0 radical (unpaired) electrons. The highest BCUT2D eigenvalue weighted by Gasteiger charge is 2.40. The van der Waals surface area contributed by atoms with Crippen molar-refractivity contribution in [1.82, 2.24) is 15.1 Å². The van der Waals surface area contributed by atoms with Crippen molar-refractivity contribution in [3.63, 3.8) is 0 Å². The van der Waals surface area contributed by atoms with E-state index in [1.807, 2.05) is 54.6 Å². The molecule has 2 aliphatic rings. The van der Waals surface area contributed by atoms with Crippen LogP contribution in [0, 0.1) is 0 Å². The number of halogens is 3. The van der Waals surface area contributed by atoms with Crippen LogP contribution in [0.5, 0.6) is 5.75 Å². The van der Waals surface area contributed by atoms with E-state index in [0.717, 1.165) is 27.2 Å². The number of carbonyl (C=O) groups excluding carboxylic acids is 2. The Morgan fingerprint density at radius 3 is 2.08 bits per heavy atom. The summed E-state index contributed by atoms with van der Waals surface area (Å²) in [5, 5.41) is 2.81. The molecule has 0 aromatic heterocycles. The molecule has 1 aliphatic carbocycles. The van der Waals surface area contributed by atoms with E-state index in [4.69, 9.17) is 4.74 Å². The third-order valence-electron chi connectivity index (χ3n) is 7.15. The van der Waals surface area contributed by atoms with Gasteiger partial charge in [0, 0.05) is 19.6 Å². The summed E-state index contributed by atoms with van der Waals surface area (Å²) in [4.78, 5) is 28.7. The molecule has 204 valence electrons. The Labute approximate surface area is 225 Å². The molecule has 5 rings (SSSR count). The van der Waals surface area contributed by atoms with Gasteiger partial charge >= 0.3 is 12.3 Å². The van der Waals surface area contributed by atoms with E-state index in [0.29, 0.717) is 38.2 Å². The average Bonchev–Trinajstić information content (AvgIpc) is 3.22. The first-order valence-electron chi connectivity index (χ1n) is 13.1. The van der Waals surface area contributed by atoms with Crippen LogP contribution in [0.2, 0.25) is 0 Å². The fourth-order valence-corrected chi connectivity index (χ4v) is 5.36. The van der Waals surface area contributed by atoms with E-state index < -0.39 is 30.6 Å². The molecule has 3 aromatic carbocycles. The third-order valence-corrected chi connectivity index (χ3v) is 7.15. The minimum absolute atomic E-state index is 0.0259. The molecule has 6 nitrogen and oxygen atoms in total. The molecule has 0 bridgehead atoms. The monoisotopic (exact) mass is 537 g/mol. The van der Waals surface area contributed by atoms with Gasteiger partial charge in [-0.2, -0.15) is 13.2 Å². The fraction of sp³-hybridized carbons (Fsp3) is 0.333. The highest BCUT2D eigenvalue weighted by Crippen LogP contribution is 2.45. The van der Waals surface area contributed by atoms with E-state index in [1.54, 1.807) is 24.3 Å².